The Morgan fingerprint density at radius 2 is 1.75 bits per heavy atom. The van der Waals surface area contributed by atoms with E-state index in [2.05, 4.69) is 5.32 Å². The number of nitrogens with one attached hydrogen (secondary N) is 1. The van der Waals surface area contributed by atoms with Gasteiger partial charge in [0, 0.05) is 38.6 Å². The quantitative estimate of drug-likeness (QED) is 0.895. The maximum absolute atomic E-state index is 12.4. The lowest BCUT2D eigenvalue weighted by Gasteiger charge is -2.35. The van der Waals surface area contributed by atoms with Gasteiger partial charge in [-0.05, 0) is 31.9 Å². The molecular weight excluding hydrogens is 306 g/mol. The van der Waals surface area contributed by atoms with Gasteiger partial charge in [-0.1, -0.05) is 18.2 Å². The van der Waals surface area contributed by atoms with E-state index in [1.807, 2.05) is 43.0 Å². The van der Waals surface area contributed by atoms with Crippen molar-refractivity contribution in [3.05, 3.63) is 29.8 Å². The first-order chi connectivity index (χ1) is 11.5. The maximum Gasteiger partial charge on any atom is 0.317 e. The Morgan fingerprint density at radius 3 is 2.38 bits per heavy atom. The van der Waals surface area contributed by atoms with Gasteiger partial charge in [-0.3, -0.25) is 4.79 Å². The highest BCUT2D eigenvalue weighted by atomic mass is 16.5. The Balaban J connectivity index is 1.79. The average molecular weight is 333 g/mol. The van der Waals surface area contributed by atoms with E-state index in [9.17, 15) is 9.59 Å². The van der Waals surface area contributed by atoms with E-state index in [4.69, 9.17) is 4.74 Å². The normalized spacial score (nSPS) is 14.7. The van der Waals surface area contributed by atoms with Gasteiger partial charge >= 0.3 is 6.03 Å². The molecule has 1 aromatic carbocycles. The molecule has 0 aliphatic carbocycles. The van der Waals surface area contributed by atoms with Crippen LogP contribution in [0, 0.1) is 0 Å². The topological polar surface area (TPSA) is 61.9 Å². The first-order valence-corrected chi connectivity index (χ1v) is 8.46. The molecule has 1 aliphatic rings. The lowest BCUT2D eigenvalue weighted by atomic mass is 10.1. The third-order valence-electron chi connectivity index (χ3n) is 4.13. The summed E-state index contributed by atoms with van der Waals surface area (Å²) >= 11 is 0. The van der Waals surface area contributed by atoms with Crippen LogP contribution in [0.15, 0.2) is 24.3 Å². The second-order valence-corrected chi connectivity index (χ2v) is 6.28. The molecule has 2 rings (SSSR count). The van der Waals surface area contributed by atoms with E-state index in [1.165, 1.54) is 0 Å². The molecule has 3 amide bonds. The van der Waals surface area contributed by atoms with Crippen molar-refractivity contribution in [2.75, 3.05) is 33.3 Å². The molecule has 132 valence electrons. The van der Waals surface area contributed by atoms with E-state index < -0.39 is 0 Å². The van der Waals surface area contributed by atoms with E-state index in [0.29, 0.717) is 39.0 Å². The summed E-state index contributed by atoms with van der Waals surface area (Å²) in [5.41, 5.74) is 1.04. The smallest absolute Gasteiger partial charge is 0.317 e. The fourth-order valence-corrected chi connectivity index (χ4v) is 2.81. The summed E-state index contributed by atoms with van der Waals surface area (Å²) < 4.78 is 5.32. The first-order valence-electron chi connectivity index (χ1n) is 8.46. The van der Waals surface area contributed by atoms with E-state index in [0.717, 1.165) is 11.3 Å². The predicted molar refractivity (Wildman–Crippen MR) is 93.1 cm³/mol. The van der Waals surface area contributed by atoms with Crippen LogP contribution in [0.3, 0.4) is 0 Å². The molecule has 1 saturated heterocycles. The highest BCUT2D eigenvalue weighted by Gasteiger charge is 2.24. The van der Waals surface area contributed by atoms with Crippen molar-refractivity contribution in [3.63, 3.8) is 0 Å². The van der Waals surface area contributed by atoms with Crippen molar-refractivity contribution >= 4 is 11.9 Å². The molecule has 0 saturated carbocycles. The number of aryl methyl sites for hydroxylation is 1. The van der Waals surface area contributed by atoms with E-state index >= 15 is 0 Å². The van der Waals surface area contributed by atoms with E-state index in [-0.39, 0.29) is 18.0 Å². The Hall–Kier alpha value is -2.24. The van der Waals surface area contributed by atoms with Crippen molar-refractivity contribution < 1.29 is 14.3 Å². The highest BCUT2D eigenvalue weighted by Crippen LogP contribution is 2.19. The van der Waals surface area contributed by atoms with Crippen molar-refractivity contribution in [1.82, 2.24) is 15.1 Å². The number of ether oxygens (including phenoxy) is 1. The number of hydrogen-bond acceptors (Lipinski definition) is 3. The lowest BCUT2D eigenvalue weighted by molar-refractivity contribution is -0.132. The summed E-state index contributed by atoms with van der Waals surface area (Å²) in [6.45, 7) is 6.23. The SMILES string of the molecule is COc1ccccc1CCC(=O)N1CCN(C(=O)NC(C)C)CC1. The van der Waals surface area contributed by atoms with Crippen LogP contribution in [0.4, 0.5) is 4.79 Å². The van der Waals surface area contributed by atoms with Crippen LogP contribution in [0.2, 0.25) is 0 Å². The minimum Gasteiger partial charge on any atom is -0.496 e. The average Bonchev–Trinajstić information content (AvgIpc) is 2.59. The van der Waals surface area contributed by atoms with Crippen LogP contribution < -0.4 is 10.1 Å². The van der Waals surface area contributed by atoms with Gasteiger partial charge in [0.25, 0.3) is 0 Å². The van der Waals surface area contributed by atoms with Gasteiger partial charge in [0.15, 0.2) is 0 Å². The molecule has 0 bridgehead atoms. The highest BCUT2D eigenvalue weighted by molar-refractivity contribution is 5.78. The van der Waals surface area contributed by atoms with Crippen molar-refractivity contribution in [3.8, 4) is 5.75 Å². The van der Waals surface area contributed by atoms with Crippen LogP contribution in [0.5, 0.6) is 5.75 Å². The molecular formula is C18H27N3O3. The number of nitrogens with zero attached hydrogens (tertiary/aromatic N) is 2. The summed E-state index contributed by atoms with van der Waals surface area (Å²) in [4.78, 5) is 28.0. The zero-order valence-corrected chi connectivity index (χ0v) is 14.7. The van der Waals surface area contributed by atoms with Gasteiger partial charge in [-0.25, -0.2) is 4.79 Å². The molecule has 0 atom stereocenters. The van der Waals surface area contributed by atoms with Crippen molar-refractivity contribution in [2.24, 2.45) is 0 Å². The molecule has 1 aliphatic heterocycles. The van der Waals surface area contributed by atoms with Crippen LogP contribution in [0.25, 0.3) is 0 Å². The largest absolute Gasteiger partial charge is 0.496 e. The van der Waals surface area contributed by atoms with Gasteiger partial charge in [0.05, 0.1) is 7.11 Å². The van der Waals surface area contributed by atoms with Crippen LogP contribution in [0.1, 0.15) is 25.8 Å². The minimum atomic E-state index is -0.0499. The van der Waals surface area contributed by atoms with Crippen LogP contribution in [-0.4, -0.2) is 61.1 Å². The standard InChI is InChI=1S/C18H27N3O3/c1-14(2)19-18(23)21-12-10-20(11-13-21)17(22)9-8-15-6-4-5-7-16(15)24-3/h4-7,14H,8-13H2,1-3H3,(H,19,23). The summed E-state index contributed by atoms with van der Waals surface area (Å²) in [7, 11) is 1.64. The number of methoxy groups -OCH3 is 1. The predicted octanol–water partition coefficient (Wildman–Crippen LogP) is 1.89. The van der Waals surface area contributed by atoms with Gasteiger partial charge < -0.3 is 19.9 Å². The number of benzene rings is 1. The van der Waals surface area contributed by atoms with Crippen molar-refractivity contribution in [2.45, 2.75) is 32.7 Å². The van der Waals surface area contributed by atoms with Crippen LogP contribution >= 0.6 is 0 Å². The molecule has 6 nitrogen and oxygen atoms in total. The zero-order valence-electron chi connectivity index (χ0n) is 14.7. The molecule has 24 heavy (non-hydrogen) atoms. The molecule has 1 aromatic rings. The Labute approximate surface area is 143 Å². The fraction of sp³-hybridized carbons (Fsp3) is 0.556. The first kappa shape index (κ1) is 18.1. The molecule has 1 heterocycles. The third kappa shape index (κ3) is 4.88. The molecule has 6 heteroatoms. The van der Waals surface area contributed by atoms with Gasteiger partial charge in [0.1, 0.15) is 5.75 Å². The van der Waals surface area contributed by atoms with Gasteiger partial charge in [-0.15, -0.1) is 0 Å². The second-order valence-electron chi connectivity index (χ2n) is 6.28. The number of rotatable bonds is 5. The number of carbonyl (C=O) groups is 2. The number of urea groups is 1. The molecule has 1 N–H and O–H groups in total. The summed E-state index contributed by atoms with van der Waals surface area (Å²) in [6.07, 6.45) is 1.12. The zero-order chi connectivity index (χ0) is 17.5. The number of hydrogen-bond donors (Lipinski definition) is 1. The Morgan fingerprint density at radius 1 is 1.12 bits per heavy atom. The number of carbonyl (C=O) groups excluding carboxylic acids is 2. The fourth-order valence-electron chi connectivity index (χ4n) is 2.81. The maximum atomic E-state index is 12.4. The van der Waals surface area contributed by atoms with Crippen LogP contribution in [-0.2, 0) is 11.2 Å². The van der Waals surface area contributed by atoms with Crippen molar-refractivity contribution in [1.29, 1.82) is 0 Å². The lowest BCUT2D eigenvalue weighted by Crippen LogP contribution is -2.54. The molecule has 1 fully saturated rings. The van der Waals surface area contributed by atoms with Gasteiger partial charge in [0.2, 0.25) is 5.91 Å². The molecule has 0 aromatic heterocycles. The number of para-hydroxylation sites is 1. The summed E-state index contributed by atoms with van der Waals surface area (Å²) in [6, 6.07) is 7.84. The van der Waals surface area contributed by atoms with Gasteiger partial charge in [-0.2, -0.15) is 0 Å². The minimum absolute atomic E-state index is 0.0499. The third-order valence-corrected chi connectivity index (χ3v) is 4.13. The molecule has 0 radical (unpaired) electrons. The number of amides is 3. The van der Waals surface area contributed by atoms with E-state index in [1.54, 1.807) is 12.0 Å². The number of piperazine rings is 1. The molecule has 0 unspecified atom stereocenters. The molecule has 0 spiro atoms. The summed E-state index contributed by atoms with van der Waals surface area (Å²) in [5, 5.41) is 2.89. The monoisotopic (exact) mass is 333 g/mol. The summed E-state index contributed by atoms with van der Waals surface area (Å²) in [5.74, 6) is 0.949. The Kier molecular flexibility index (Phi) is 6.46. The Bertz CT molecular complexity index is 566. The second kappa shape index (κ2) is 8.57.